The van der Waals surface area contributed by atoms with Crippen LogP contribution < -0.4 is 10.1 Å². The zero-order chi connectivity index (χ0) is 23.5. The van der Waals surface area contributed by atoms with E-state index in [1.165, 1.54) is 12.1 Å². The van der Waals surface area contributed by atoms with Crippen LogP contribution in [-0.4, -0.2) is 22.4 Å². The van der Waals surface area contributed by atoms with Gasteiger partial charge < -0.3 is 10.1 Å². The molecule has 0 aliphatic heterocycles. The topological polar surface area (TPSA) is 94.4 Å². The predicted octanol–water partition coefficient (Wildman–Crippen LogP) is 6.08. The van der Waals surface area contributed by atoms with E-state index in [2.05, 4.69) is 11.4 Å². The number of para-hydroxylation sites is 1. The van der Waals surface area contributed by atoms with Crippen LogP contribution in [0.15, 0.2) is 66.7 Å². The number of hydrogen-bond donors (Lipinski definition) is 1. The molecule has 0 atom stereocenters. The van der Waals surface area contributed by atoms with Gasteiger partial charge in [0.25, 0.3) is 11.6 Å². The van der Waals surface area contributed by atoms with Gasteiger partial charge in [0.15, 0.2) is 0 Å². The highest BCUT2D eigenvalue weighted by Gasteiger charge is 2.20. The highest BCUT2D eigenvalue weighted by atomic mass is 16.6. The summed E-state index contributed by atoms with van der Waals surface area (Å²) in [5.74, 6) is -0.0828. The highest BCUT2D eigenvalue weighted by Crippen LogP contribution is 2.31. The number of ether oxygens (including phenoxy) is 1. The van der Waals surface area contributed by atoms with Crippen LogP contribution in [0.3, 0.4) is 0 Å². The molecule has 1 heterocycles. The molecule has 0 saturated carbocycles. The molecule has 1 amide bonds. The van der Waals surface area contributed by atoms with Crippen molar-refractivity contribution in [1.29, 1.82) is 0 Å². The maximum Gasteiger partial charge on any atom is 0.296 e. The lowest BCUT2D eigenvalue weighted by Crippen LogP contribution is -2.14. The Kier molecular flexibility index (Phi) is 6.04. The summed E-state index contributed by atoms with van der Waals surface area (Å²) in [5.41, 5.74) is 4.69. The summed E-state index contributed by atoms with van der Waals surface area (Å²) in [6, 6.07) is 19.5. The first-order valence-electron chi connectivity index (χ1n) is 10.6. The van der Waals surface area contributed by atoms with Crippen molar-refractivity contribution in [2.24, 2.45) is 0 Å². The van der Waals surface area contributed by atoms with Crippen molar-refractivity contribution in [1.82, 2.24) is 4.98 Å². The number of nitro groups is 1. The average Bonchev–Trinajstić information content (AvgIpc) is 2.79. The molecule has 33 heavy (non-hydrogen) atoms. The molecular weight excluding hydrogens is 418 g/mol. The summed E-state index contributed by atoms with van der Waals surface area (Å²) in [6.07, 6.45) is 0. The van der Waals surface area contributed by atoms with Gasteiger partial charge in [-0.2, -0.15) is 0 Å². The van der Waals surface area contributed by atoms with Gasteiger partial charge >= 0.3 is 0 Å². The van der Waals surface area contributed by atoms with Crippen LogP contribution in [0.5, 0.6) is 5.75 Å². The van der Waals surface area contributed by atoms with Gasteiger partial charge in [-0.25, -0.2) is 4.98 Å². The van der Waals surface area contributed by atoms with E-state index in [1.54, 1.807) is 19.1 Å². The largest absolute Gasteiger partial charge is 0.494 e. The van der Waals surface area contributed by atoms with Crippen molar-refractivity contribution in [2.75, 3.05) is 11.9 Å². The lowest BCUT2D eigenvalue weighted by Gasteiger charge is -2.13. The number of pyridine rings is 1. The highest BCUT2D eigenvalue weighted by molar-refractivity contribution is 6.13. The number of aryl methyl sites for hydroxylation is 2. The van der Waals surface area contributed by atoms with Crippen LogP contribution in [0.4, 0.5) is 11.4 Å². The number of anilines is 1. The molecule has 7 heteroatoms. The second-order valence-corrected chi connectivity index (χ2v) is 7.71. The van der Waals surface area contributed by atoms with Crippen molar-refractivity contribution in [3.8, 4) is 17.0 Å². The molecular formula is C26H23N3O4. The minimum absolute atomic E-state index is 0.0995. The smallest absolute Gasteiger partial charge is 0.296 e. The summed E-state index contributed by atoms with van der Waals surface area (Å²) < 4.78 is 5.36. The number of amides is 1. The lowest BCUT2D eigenvalue weighted by molar-refractivity contribution is -0.384. The van der Waals surface area contributed by atoms with E-state index >= 15 is 0 Å². The van der Waals surface area contributed by atoms with Crippen molar-refractivity contribution < 1.29 is 14.5 Å². The van der Waals surface area contributed by atoms with E-state index in [1.807, 2.05) is 50.2 Å². The Balaban J connectivity index is 1.79. The normalized spacial score (nSPS) is 10.8. The third-order valence-corrected chi connectivity index (χ3v) is 5.34. The molecule has 7 nitrogen and oxygen atoms in total. The van der Waals surface area contributed by atoms with E-state index < -0.39 is 10.8 Å². The van der Waals surface area contributed by atoms with Gasteiger partial charge in [-0.1, -0.05) is 42.0 Å². The fourth-order valence-electron chi connectivity index (χ4n) is 3.82. The molecule has 166 valence electrons. The van der Waals surface area contributed by atoms with E-state index in [4.69, 9.17) is 9.72 Å². The van der Waals surface area contributed by atoms with Crippen LogP contribution in [-0.2, 0) is 0 Å². The number of aromatic nitrogens is 1. The molecule has 0 fully saturated rings. The molecule has 0 saturated heterocycles. The number of fused-ring (bicyclic) bond motifs is 1. The monoisotopic (exact) mass is 441 g/mol. The molecule has 0 spiro atoms. The fraction of sp³-hybridized carbons (Fsp3) is 0.154. The first-order valence-corrected chi connectivity index (χ1v) is 10.6. The van der Waals surface area contributed by atoms with Gasteiger partial charge in [-0.3, -0.25) is 14.9 Å². The van der Waals surface area contributed by atoms with Crippen LogP contribution in [0, 0.1) is 24.0 Å². The van der Waals surface area contributed by atoms with E-state index in [9.17, 15) is 14.9 Å². The molecule has 0 aliphatic carbocycles. The van der Waals surface area contributed by atoms with Gasteiger partial charge in [0.05, 0.1) is 34.4 Å². The second kappa shape index (κ2) is 9.08. The quantitative estimate of drug-likeness (QED) is 0.289. The van der Waals surface area contributed by atoms with Gasteiger partial charge in [0.2, 0.25) is 0 Å². The van der Waals surface area contributed by atoms with Crippen LogP contribution in [0.2, 0.25) is 0 Å². The number of nitro benzene ring substituents is 1. The number of carbonyl (C=O) groups excluding carboxylic acids is 1. The lowest BCUT2D eigenvalue weighted by atomic mass is 9.99. The molecule has 0 bridgehead atoms. The number of hydrogen-bond acceptors (Lipinski definition) is 5. The number of nitrogens with one attached hydrogen (secondary N) is 1. The van der Waals surface area contributed by atoms with Gasteiger partial charge in [0.1, 0.15) is 11.4 Å². The maximum atomic E-state index is 13.3. The zero-order valence-corrected chi connectivity index (χ0v) is 18.6. The van der Waals surface area contributed by atoms with Crippen LogP contribution in [0.25, 0.3) is 22.2 Å². The third kappa shape index (κ3) is 4.52. The predicted molar refractivity (Wildman–Crippen MR) is 129 cm³/mol. The van der Waals surface area contributed by atoms with E-state index in [0.29, 0.717) is 34.5 Å². The maximum absolute atomic E-state index is 13.3. The van der Waals surface area contributed by atoms with Crippen molar-refractivity contribution >= 4 is 28.2 Å². The minimum Gasteiger partial charge on any atom is -0.494 e. The summed E-state index contributed by atoms with van der Waals surface area (Å²) in [5, 5.41) is 15.0. The molecule has 4 aromatic rings. The molecule has 1 aromatic heterocycles. The molecule has 3 aromatic carbocycles. The number of carbonyl (C=O) groups is 1. The zero-order valence-electron chi connectivity index (χ0n) is 18.6. The fourth-order valence-corrected chi connectivity index (χ4v) is 3.82. The number of nitrogens with zero attached hydrogens (tertiary/aromatic N) is 2. The average molecular weight is 441 g/mol. The molecule has 0 radical (unpaired) electrons. The van der Waals surface area contributed by atoms with E-state index in [0.717, 1.165) is 16.7 Å². The second-order valence-electron chi connectivity index (χ2n) is 7.71. The summed E-state index contributed by atoms with van der Waals surface area (Å²) in [4.78, 5) is 29.2. The molecule has 4 rings (SSSR count). The third-order valence-electron chi connectivity index (χ3n) is 5.34. The van der Waals surface area contributed by atoms with Crippen molar-refractivity contribution in [3.63, 3.8) is 0 Å². The first-order chi connectivity index (χ1) is 15.9. The summed E-state index contributed by atoms with van der Waals surface area (Å²) in [6.45, 7) is 6.20. The molecule has 0 unspecified atom stereocenters. The Morgan fingerprint density at radius 1 is 1.06 bits per heavy atom. The SMILES string of the molecule is CCOc1ccc(NC(=O)c2cc(-c3ccc(C)cc3C)nc3ccccc23)c([N+](=O)[O-])c1. The Labute approximate surface area is 191 Å². The van der Waals surface area contributed by atoms with Crippen LogP contribution in [0.1, 0.15) is 28.4 Å². The number of rotatable bonds is 6. The van der Waals surface area contributed by atoms with Crippen molar-refractivity contribution in [3.05, 3.63) is 93.5 Å². The van der Waals surface area contributed by atoms with Gasteiger partial charge in [-0.15, -0.1) is 0 Å². The summed E-state index contributed by atoms with van der Waals surface area (Å²) >= 11 is 0. The molecule has 1 N–H and O–H groups in total. The first kappa shape index (κ1) is 22.0. The number of benzene rings is 3. The van der Waals surface area contributed by atoms with E-state index in [-0.39, 0.29) is 11.4 Å². The van der Waals surface area contributed by atoms with Gasteiger partial charge in [-0.05, 0) is 50.6 Å². The van der Waals surface area contributed by atoms with Gasteiger partial charge in [0, 0.05) is 10.9 Å². The summed E-state index contributed by atoms with van der Waals surface area (Å²) in [7, 11) is 0. The Morgan fingerprint density at radius 2 is 1.85 bits per heavy atom. The Morgan fingerprint density at radius 3 is 2.58 bits per heavy atom. The Hall–Kier alpha value is -4.26. The van der Waals surface area contributed by atoms with Crippen molar-refractivity contribution in [2.45, 2.75) is 20.8 Å². The minimum atomic E-state index is -0.538. The van der Waals surface area contributed by atoms with Crippen LogP contribution >= 0.6 is 0 Å². The molecule has 0 aliphatic rings. The Bertz CT molecular complexity index is 1380. The standard InChI is InChI=1S/C26H23N3O4/c1-4-33-18-10-12-23(25(14-18)29(31)32)28-26(30)21-15-24(19-11-9-16(2)13-17(19)3)27-22-8-6-5-7-20(21)22/h5-15H,4H2,1-3H3,(H,28,30).